The van der Waals surface area contributed by atoms with E-state index in [1.54, 1.807) is 6.20 Å². The molecule has 1 fully saturated rings. The number of rotatable bonds is 1. The Labute approximate surface area is 120 Å². The van der Waals surface area contributed by atoms with Gasteiger partial charge < -0.3 is 10.2 Å². The lowest BCUT2D eigenvalue weighted by atomic mass is 10.1. The molecule has 0 bridgehead atoms. The average Bonchev–Trinajstić information content (AvgIpc) is 2.29. The van der Waals surface area contributed by atoms with E-state index in [0.29, 0.717) is 6.04 Å². The third-order valence-corrected chi connectivity index (χ3v) is 2.89. The zero-order chi connectivity index (χ0) is 11.5. The van der Waals surface area contributed by atoms with Crippen molar-refractivity contribution in [3.63, 3.8) is 0 Å². The first kappa shape index (κ1) is 17.2. The number of carbonyl (C=O) groups is 1. The van der Waals surface area contributed by atoms with Crippen LogP contribution in [0.15, 0.2) is 18.3 Å². The van der Waals surface area contributed by atoms with Crippen LogP contribution in [0.5, 0.6) is 0 Å². The highest BCUT2D eigenvalue weighted by Gasteiger charge is 2.22. The molecule has 1 N–H and O–H groups in total. The van der Waals surface area contributed by atoms with E-state index in [-0.39, 0.29) is 30.7 Å². The molecule has 0 radical (unpaired) electrons. The fourth-order valence-electron chi connectivity index (χ4n) is 2.00. The van der Waals surface area contributed by atoms with E-state index in [0.717, 1.165) is 30.9 Å². The minimum atomic E-state index is 0. The molecule has 102 valence electrons. The maximum absolute atomic E-state index is 12.2. The summed E-state index contributed by atoms with van der Waals surface area (Å²) in [6.07, 6.45) is 1.71. The zero-order valence-electron chi connectivity index (χ0n) is 10.5. The first-order valence-electron chi connectivity index (χ1n) is 5.63. The predicted octanol–water partition coefficient (Wildman–Crippen LogP) is 1.67. The second-order valence-corrected chi connectivity index (χ2v) is 4.24. The first-order chi connectivity index (χ1) is 7.68. The van der Waals surface area contributed by atoms with Crippen molar-refractivity contribution in [1.82, 2.24) is 15.2 Å². The molecule has 1 saturated heterocycles. The fraction of sp³-hybridized carbons (Fsp3) is 0.500. The molecule has 1 aromatic rings. The van der Waals surface area contributed by atoms with Gasteiger partial charge in [-0.3, -0.25) is 9.78 Å². The third-order valence-electron chi connectivity index (χ3n) is 2.89. The number of aromatic nitrogens is 1. The number of aryl methyl sites for hydroxylation is 1. The zero-order valence-corrected chi connectivity index (χ0v) is 12.2. The van der Waals surface area contributed by atoms with Gasteiger partial charge in [-0.1, -0.05) is 0 Å². The average molecular weight is 292 g/mol. The quantitative estimate of drug-likeness (QED) is 0.856. The number of pyridine rings is 1. The molecule has 1 aromatic heterocycles. The SMILES string of the molecule is Cc1ncccc1C(=O)N1CCN[C@@H](C)C1.Cl.Cl. The number of halogens is 2. The van der Waals surface area contributed by atoms with Gasteiger partial charge in [0, 0.05) is 37.6 Å². The molecule has 0 aromatic carbocycles. The highest BCUT2D eigenvalue weighted by Crippen LogP contribution is 2.10. The summed E-state index contributed by atoms with van der Waals surface area (Å²) in [6.45, 7) is 6.38. The highest BCUT2D eigenvalue weighted by atomic mass is 35.5. The normalized spacial score (nSPS) is 18.6. The van der Waals surface area contributed by atoms with Crippen LogP contribution < -0.4 is 5.32 Å². The lowest BCUT2D eigenvalue weighted by Crippen LogP contribution is -2.51. The number of hydrogen-bond donors (Lipinski definition) is 1. The topological polar surface area (TPSA) is 45.2 Å². The summed E-state index contributed by atoms with van der Waals surface area (Å²) in [5.41, 5.74) is 1.52. The molecule has 0 saturated carbocycles. The number of nitrogens with one attached hydrogen (secondary N) is 1. The summed E-state index contributed by atoms with van der Waals surface area (Å²) in [4.78, 5) is 18.3. The van der Waals surface area contributed by atoms with Crippen molar-refractivity contribution < 1.29 is 4.79 Å². The van der Waals surface area contributed by atoms with Crippen LogP contribution >= 0.6 is 24.8 Å². The summed E-state index contributed by atoms with van der Waals surface area (Å²) >= 11 is 0. The van der Waals surface area contributed by atoms with E-state index in [1.165, 1.54) is 0 Å². The van der Waals surface area contributed by atoms with Gasteiger partial charge in [0.1, 0.15) is 0 Å². The first-order valence-corrected chi connectivity index (χ1v) is 5.63. The second-order valence-electron chi connectivity index (χ2n) is 4.24. The van der Waals surface area contributed by atoms with Crippen LogP contribution in [-0.2, 0) is 0 Å². The van der Waals surface area contributed by atoms with Crippen molar-refractivity contribution in [3.8, 4) is 0 Å². The molecule has 1 atom stereocenters. The van der Waals surface area contributed by atoms with E-state index in [9.17, 15) is 4.79 Å². The van der Waals surface area contributed by atoms with Gasteiger partial charge in [0.15, 0.2) is 0 Å². The lowest BCUT2D eigenvalue weighted by molar-refractivity contribution is 0.0708. The largest absolute Gasteiger partial charge is 0.336 e. The van der Waals surface area contributed by atoms with Crippen molar-refractivity contribution in [2.75, 3.05) is 19.6 Å². The third kappa shape index (κ3) is 3.83. The van der Waals surface area contributed by atoms with Crippen LogP contribution in [-0.4, -0.2) is 41.5 Å². The van der Waals surface area contributed by atoms with Crippen LogP contribution in [0, 0.1) is 6.92 Å². The number of amides is 1. The Hall–Kier alpha value is -0.840. The second kappa shape index (κ2) is 7.56. The molecule has 1 amide bonds. The molecular formula is C12H19Cl2N3O. The predicted molar refractivity (Wildman–Crippen MR) is 76.8 cm³/mol. The van der Waals surface area contributed by atoms with E-state index in [1.807, 2.05) is 24.0 Å². The molecule has 0 aliphatic carbocycles. The van der Waals surface area contributed by atoms with Crippen molar-refractivity contribution >= 4 is 30.7 Å². The Bertz CT molecular complexity index is 401. The molecule has 2 rings (SSSR count). The van der Waals surface area contributed by atoms with Gasteiger partial charge in [0.25, 0.3) is 5.91 Å². The number of nitrogens with zero attached hydrogens (tertiary/aromatic N) is 2. The van der Waals surface area contributed by atoms with Gasteiger partial charge >= 0.3 is 0 Å². The van der Waals surface area contributed by atoms with Gasteiger partial charge in [0.2, 0.25) is 0 Å². The molecule has 2 heterocycles. The highest BCUT2D eigenvalue weighted by molar-refractivity contribution is 5.95. The molecule has 4 nitrogen and oxygen atoms in total. The Morgan fingerprint density at radius 3 is 2.83 bits per heavy atom. The standard InChI is InChI=1S/C12H17N3O.2ClH/c1-9-8-15(7-6-13-9)12(16)11-4-3-5-14-10(11)2;;/h3-5,9,13H,6-8H2,1-2H3;2*1H/t9-;;/m0../s1. The van der Waals surface area contributed by atoms with Crippen LogP contribution in [0.25, 0.3) is 0 Å². The number of carbonyl (C=O) groups excluding carboxylic acids is 1. The van der Waals surface area contributed by atoms with Crippen molar-refractivity contribution in [1.29, 1.82) is 0 Å². The smallest absolute Gasteiger partial charge is 0.255 e. The Morgan fingerprint density at radius 2 is 2.22 bits per heavy atom. The summed E-state index contributed by atoms with van der Waals surface area (Å²) in [6, 6.07) is 4.03. The molecular weight excluding hydrogens is 273 g/mol. The monoisotopic (exact) mass is 291 g/mol. The maximum Gasteiger partial charge on any atom is 0.255 e. The van der Waals surface area contributed by atoms with E-state index < -0.39 is 0 Å². The molecule has 6 heteroatoms. The van der Waals surface area contributed by atoms with Crippen molar-refractivity contribution in [2.45, 2.75) is 19.9 Å². The number of hydrogen-bond acceptors (Lipinski definition) is 3. The van der Waals surface area contributed by atoms with Crippen LogP contribution in [0.2, 0.25) is 0 Å². The van der Waals surface area contributed by atoms with Crippen LogP contribution in [0.4, 0.5) is 0 Å². The molecule has 1 aliphatic rings. The number of piperazine rings is 1. The van der Waals surface area contributed by atoms with Gasteiger partial charge in [-0.2, -0.15) is 0 Å². The van der Waals surface area contributed by atoms with Gasteiger partial charge in [-0.05, 0) is 26.0 Å². The maximum atomic E-state index is 12.2. The minimum Gasteiger partial charge on any atom is -0.336 e. The van der Waals surface area contributed by atoms with Crippen molar-refractivity contribution in [2.24, 2.45) is 0 Å². The Morgan fingerprint density at radius 1 is 1.50 bits per heavy atom. The molecule has 0 unspecified atom stereocenters. The summed E-state index contributed by atoms with van der Waals surface area (Å²) < 4.78 is 0. The Kier molecular flexibility index (Phi) is 7.21. The minimum absolute atomic E-state index is 0. The van der Waals surface area contributed by atoms with E-state index >= 15 is 0 Å². The van der Waals surface area contributed by atoms with Gasteiger partial charge in [-0.25, -0.2) is 0 Å². The Balaban J connectivity index is 0.00000144. The van der Waals surface area contributed by atoms with E-state index in [4.69, 9.17) is 0 Å². The molecule has 18 heavy (non-hydrogen) atoms. The van der Waals surface area contributed by atoms with Gasteiger partial charge in [0.05, 0.1) is 5.56 Å². The van der Waals surface area contributed by atoms with Crippen LogP contribution in [0.3, 0.4) is 0 Å². The summed E-state index contributed by atoms with van der Waals surface area (Å²) in [5, 5.41) is 3.32. The van der Waals surface area contributed by atoms with Crippen LogP contribution in [0.1, 0.15) is 23.0 Å². The summed E-state index contributed by atoms with van der Waals surface area (Å²) in [7, 11) is 0. The molecule has 1 aliphatic heterocycles. The van der Waals surface area contributed by atoms with Gasteiger partial charge in [-0.15, -0.1) is 24.8 Å². The van der Waals surface area contributed by atoms with E-state index in [2.05, 4.69) is 17.2 Å². The molecule has 0 spiro atoms. The summed E-state index contributed by atoms with van der Waals surface area (Å²) in [5.74, 6) is 0.0963. The van der Waals surface area contributed by atoms with Crippen molar-refractivity contribution in [3.05, 3.63) is 29.6 Å². The lowest BCUT2D eigenvalue weighted by Gasteiger charge is -2.32. The fourth-order valence-corrected chi connectivity index (χ4v) is 2.00.